The molecule has 1 aliphatic heterocycles. The van der Waals surface area contributed by atoms with E-state index in [1.165, 1.54) is 6.07 Å². The van der Waals surface area contributed by atoms with Crippen LogP contribution in [0.3, 0.4) is 0 Å². The SMILES string of the molecule is O=C(Nc1ccc2[nH]nc(-c3ccncc3)c2c1)C1CCCN(Cc2ccccc2F)C1. The Bertz CT molecular complexity index is 1240. The smallest absolute Gasteiger partial charge is 0.228 e. The Labute approximate surface area is 185 Å². The number of fused-ring (bicyclic) bond motifs is 1. The van der Waals surface area contributed by atoms with Crippen molar-refractivity contribution in [2.75, 3.05) is 18.4 Å². The second-order valence-corrected chi connectivity index (χ2v) is 8.22. The third-order valence-electron chi connectivity index (χ3n) is 6.01. The van der Waals surface area contributed by atoms with Crippen LogP contribution in [0.15, 0.2) is 67.0 Å². The highest BCUT2D eigenvalue weighted by molar-refractivity contribution is 5.99. The number of amides is 1. The standard InChI is InChI=1S/C25H24FN5O/c26-22-6-2-1-4-18(22)15-31-13-3-5-19(16-31)25(32)28-20-7-8-23-21(14-20)24(30-29-23)17-9-11-27-12-10-17/h1-2,4,6-12,14,19H,3,5,13,15-16H2,(H,28,32)(H,29,30). The molecule has 0 spiro atoms. The molecule has 1 aliphatic rings. The second-order valence-electron chi connectivity index (χ2n) is 8.22. The van der Waals surface area contributed by atoms with Crippen molar-refractivity contribution in [2.24, 2.45) is 5.92 Å². The zero-order valence-corrected chi connectivity index (χ0v) is 17.6. The van der Waals surface area contributed by atoms with Crippen LogP contribution < -0.4 is 5.32 Å². The molecule has 0 radical (unpaired) electrons. The third-order valence-corrected chi connectivity index (χ3v) is 6.01. The summed E-state index contributed by atoms with van der Waals surface area (Å²) in [6, 6.07) is 16.4. The van der Waals surface area contributed by atoms with Gasteiger partial charge in [-0.1, -0.05) is 18.2 Å². The van der Waals surface area contributed by atoms with Gasteiger partial charge in [0.15, 0.2) is 0 Å². The third kappa shape index (κ3) is 4.24. The maximum Gasteiger partial charge on any atom is 0.228 e. The number of aromatic nitrogens is 3. The molecule has 5 rings (SSSR count). The molecule has 2 aromatic heterocycles. The number of pyridine rings is 1. The first kappa shape index (κ1) is 20.3. The summed E-state index contributed by atoms with van der Waals surface area (Å²) in [6.45, 7) is 2.01. The number of carbonyl (C=O) groups is 1. The number of piperidine rings is 1. The number of nitrogens with one attached hydrogen (secondary N) is 2. The minimum atomic E-state index is -0.197. The molecule has 32 heavy (non-hydrogen) atoms. The van der Waals surface area contributed by atoms with Crippen LogP contribution in [0.4, 0.5) is 10.1 Å². The van der Waals surface area contributed by atoms with Crippen molar-refractivity contribution in [3.8, 4) is 11.3 Å². The monoisotopic (exact) mass is 429 g/mol. The number of benzene rings is 2. The molecular formula is C25H24FN5O. The van der Waals surface area contributed by atoms with Crippen LogP contribution >= 0.6 is 0 Å². The van der Waals surface area contributed by atoms with Gasteiger partial charge in [0.25, 0.3) is 0 Å². The molecule has 6 nitrogen and oxygen atoms in total. The predicted octanol–water partition coefficient (Wildman–Crippen LogP) is 4.61. The lowest BCUT2D eigenvalue weighted by Gasteiger charge is -2.32. The molecule has 1 amide bonds. The van der Waals surface area contributed by atoms with Crippen molar-refractivity contribution in [3.05, 3.63) is 78.4 Å². The first-order valence-electron chi connectivity index (χ1n) is 10.8. The lowest BCUT2D eigenvalue weighted by Crippen LogP contribution is -2.40. The summed E-state index contributed by atoms with van der Waals surface area (Å²) in [5.41, 5.74) is 4.11. The van der Waals surface area contributed by atoms with Crippen LogP contribution in [-0.2, 0) is 11.3 Å². The summed E-state index contributed by atoms with van der Waals surface area (Å²) >= 11 is 0. The molecule has 2 N–H and O–H groups in total. The lowest BCUT2D eigenvalue weighted by atomic mass is 9.96. The van der Waals surface area contributed by atoms with E-state index in [1.54, 1.807) is 24.5 Å². The molecule has 7 heteroatoms. The number of rotatable bonds is 5. The van der Waals surface area contributed by atoms with Gasteiger partial charge in [-0.05, 0) is 55.8 Å². The van der Waals surface area contributed by atoms with Crippen molar-refractivity contribution in [1.82, 2.24) is 20.1 Å². The summed E-state index contributed by atoms with van der Waals surface area (Å²) in [6.07, 6.45) is 5.21. The minimum Gasteiger partial charge on any atom is -0.326 e. The number of hydrogen-bond donors (Lipinski definition) is 2. The highest BCUT2D eigenvalue weighted by Crippen LogP contribution is 2.29. The number of hydrogen-bond acceptors (Lipinski definition) is 4. The van der Waals surface area contributed by atoms with Crippen molar-refractivity contribution >= 4 is 22.5 Å². The van der Waals surface area contributed by atoms with Gasteiger partial charge in [0, 0.05) is 47.7 Å². The van der Waals surface area contributed by atoms with E-state index in [0.29, 0.717) is 18.7 Å². The second kappa shape index (κ2) is 8.88. The van der Waals surface area contributed by atoms with E-state index in [9.17, 15) is 9.18 Å². The predicted molar refractivity (Wildman–Crippen MR) is 122 cm³/mol. The normalized spacial score (nSPS) is 16.8. The van der Waals surface area contributed by atoms with Gasteiger partial charge in [-0.25, -0.2) is 4.39 Å². The highest BCUT2D eigenvalue weighted by Gasteiger charge is 2.26. The number of nitrogens with zero attached hydrogens (tertiary/aromatic N) is 3. The lowest BCUT2D eigenvalue weighted by molar-refractivity contribution is -0.121. The van der Waals surface area contributed by atoms with Crippen molar-refractivity contribution in [1.29, 1.82) is 0 Å². The quantitative estimate of drug-likeness (QED) is 0.486. The molecule has 1 saturated heterocycles. The number of anilines is 1. The molecule has 0 bridgehead atoms. The molecule has 2 aromatic carbocycles. The van der Waals surface area contributed by atoms with Gasteiger partial charge in [0.1, 0.15) is 11.5 Å². The van der Waals surface area contributed by atoms with Gasteiger partial charge in [0.05, 0.1) is 11.4 Å². The molecule has 3 heterocycles. The zero-order valence-electron chi connectivity index (χ0n) is 17.6. The van der Waals surface area contributed by atoms with Crippen molar-refractivity contribution in [2.45, 2.75) is 19.4 Å². The van der Waals surface area contributed by atoms with Crippen LogP contribution in [0.25, 0.3) is 22.2 Å². The summed E-state index contributed by atoms with van der Waals surface area (Å²) < 4.78 is 14.0. The van der Waals surface area contributed by atoms with Crippen LogP contribution in [0.2, 0.25) is 0 Å². The first-order valence-corrected chi connectivity index (χ1v) is 10.8. The van der Waals surface area contributed by atoms with Crippen molar-refractivity contribution in [3.63, 3.8) is 0 Å². The Morgan fingerprint density at radius 3 is 2.84 bits per heavy atom. The number of carbonyl (C=O) groups excluding carboxylic acids is 1. The van der Waals surface area contributed by atoms with Gasteiger partial charge in [0.2, 0.25) is 5.91 Å². The zero-order chi connectivity index (χ0) is 21.9. The number of likely N-dealkylation sites (tertiary alicyclic amines) is 1. The maximum absolute atomic E-state index is 14.0. The molecule has 1 atom stereocenters. The number of halogens is 1. The molecule has 1 fully saturated rings. The van der Waals surface area contributed by atoms with E-state index in [0.717, 1.165) is 47.2 Å². The minimum absolute atomic E-state index is 0.00320. The Morgan fingerprint density at radius 2 is 2.00 bits per heavy atom. The van der Waals surface area contributed by atoms with E-state index >= 15 is 0 Å². The van der Waals surface area contributed by atoms with Gasteiger partial charge in [-0.3, -0.25) is 19.8 Å². The average Bonchev–Trinajstić information content (AvgIpc) is 3.25. The van der Waals surface area contributed by atoms with Gasteiger partial charge in [-0.15, -0.1) is 0 Å². The van der Waals surface area contributed by atoms with Crippen LogP contribution in [0.1, 0.15) is 18.4 Å². The molecule has 0 saturated carbocycles. The molecule has 4 aromatic rings. The van der Waals surface area contributed by atoms with Crippen molar-refractivity contribution < 1.29 is 9.18 Å². The Hall–Kier alpha value is -3.58. The summed E-state index contributed by atoms with van der Waals surface area (Å²) in [5, 5.41) is 11.5. The number of H-pyrrole nitrogens is 1. The Morgan fingerprint density at radius 1 is 1.16 bits per heavy atom. The fourth-order valence-corrected chi connectivity index (χ4v) is 4.35. The van der Waals surface area contributed by atoms with E-state index in [1.807, 2.05) is 36.4 Å². The Kier molecular flexibility index (Phi) is 5.64. The summed E-state index contributed by atoms with van der Waals surface area (Å²) in [5.74, 6) is -0.329. The van der Waals surface area contributed by atoms with Gasteiger partial charge < -0.3 is 5.32 Å². The molecule has 0 aliphatic carbocycles. The van der Waals surface area contributed by atoms with E-state index in [-0.39, 0.29) is 17.6 Å². The summed E-state index contributed by atoms with van der Waals surface area (Å²) in [4.78, 5) is 19.2. The molecular weight excluding hydrogens is 405 g/mol. The largest absolute Gasteiger partial charge is 0.326 e. The Balaban J connectivity index is 1.29. The topological polar surface area (TPSA) is 73.9 Å². The fourth-order valence-electron chi connectivity index (χ4n) is 4.35. The van der Waals surface area contributed by atoms with Crippen LogP contribution in [0, 0.1) is 11.7 Å². The van der Waals surface area contributed by atoms with E-state index in [2.05, 4.69) is 25.4 Å². The fraction of sp³-hybridized carbons (Fsp3) is 0.240. The van der Waals surface area contributed by atoms with E-state index < -0.39 is 0 Å². The van der Waals surface area contributed by atoms with E-state index in [4.69, 9.17) is 0 Å². The van der Waals surface area contributed by atoms with Crippen LogP contribution in [0.5, 0.6) is 0 Å². The first-order chi connectivity index (χ1) is 15.7. The maximum atomic E-state index is 14.0. The van der Waals surface area contributed by atoms with Gasteiger partial charge >= 0.3 is 0 Å². The van der Waals surface area contributed by atoms with Gasteiger partial charge in [-0.2, -0.15) is 5.10 Å². The highest BCUT2D eigenvalue weighted by atomic mass is 19.1. The number of aromatic amines is 1. The molecule has 1 unspecified atom stereocenters. The van der Waals surface area contributed by atoms with Crippen LogP contribution in [-0.4, -0.2) is 39.1 Å². The average molecular weight is 429 g/mol. The summed E-state index contributed by atoms with van der Waals surface area (Å²) in [7, 11) is 0. The molecule has 162 valence electrons.